The number of thiophene rings is 1. The Balaban J connectivity index is 2.06. The van der Waals surface area contributed by atoms with Gasteiger partial charge in [-0.2, -0.15) is 0 Å². The van der Waals surface area contributed by atoms with E-state index < -0.39 is 0 Å². The van der Waals surface area contributed by atoms with E-state index in [9.17, 15) is 0 Å². The Bertz CT molecular complexity index is 608. The third-order valence-corrected chi connectivity index (χ3v) is 4.89. The molecule has 130 valence electrons. The van der Waals surface area contributed by atoms with Crippen LogP contribution < -0.4 is 10.6 Å². The summed E-state index contributed by atoms with van der Waals surface area (Å²) in [7, 11) is 4.21. The van der Waals surface area contributed by atoms with Crippen molar-refractivity contribution in [1.82, 2.24) is 15.5 Å². The van der Waals surface area contributed by atoms with Gasteiger partial charge >= 0.3 is 0 Å². The Hall–Kier alpha value is -1.85. The highest BCUT2D eigenvalue weighted by atomic mass is 32.1. The number of rotatable bonds is 7. The highest BCUT2D eigenvalue weighted by Crippen LogP contribution is 2.23. The molecule has 0 radical (unpaired) electrons. The molecule has 2 N–H and O–H groups in total. The zero-order chi connectivity index (χ0) is 17.4. The first-order chi connectivity index (χ1) is 11.6. The molecule has 0 spiro atoms. The van der Waals surface area contributed by atoms with E-state index in [4.69, 9.17) is 4.99 Å². The second-order valence-corrected chi connectivity index (χ2v) is 6.97. The van der Waals surface area contributed by atoms with Crippen LogP contribution in [0.4, 0.5) is 0 Å². The second-order valence-electron chi connectivity index (χ2n) is 5.99. The van der Waals surface area contributed by atoms with Gasteiger partial charge in [0, 0.05) is 11.4 Å². The van der Waals surface area contributed by atoms with Crippen molar-refractivity contribution in [2.45, 2.75) is 25.9 Å². The molecule has 1 aromatic carbocycles. The van der Waals surface area contributed by atoms with Crippen molar-refractivity contribution in [2.24, 2.45) is 4.99 Å². The molecule has 0 saturated carbocycles. The molecule has 0 aliphatic heterocycles. The predicted octanol–water partition coefficient (Wildman–Crippen LogP) is 3.67. The zero-order valence-electron chi connectivity index (χ0n) is 15.0. The van der Waals surface area contributed by atoms with Crippen molar-refractivity contribution in [2.75, 3.05) is 27.2 Å². The van der Waals surface area contributed by atoms with E-state index in [0.717, 1.165) is 19.0 Å². The molecular weight excluding hydrogens is 316 g/mol. The van der Waals surface area contributed by atoms with Crippen LogP contribution in [0.25, 0.3) is 0 Å². The molecule has 0 bridgehead atoms. The lowest BCUT2D eigenvalue weighted by molar-refractivity contribution is 0.310. The SMILES string of the molecule is CCNC(=NCC(c1cccs1)N(C)C)NC(C)c1ccccc1. The summed E-state index contributed by atoms with van der Waals surface area (Å²) in [4.78, 5) is 8.38. The van der Waals surface area contributed by atoms with Gasteiger partial charge in [0.15, 0.2) is 5.96 Å². The maximum Gasteiger partial charge on any atom is 0.191 e. The fourth-order valence-corrected chi connectivity index (χ4v) is 3.43. The number of nitrogens with one attached hydrogen (secondary N) is 2. The van der Waals surface area contributed by atoms with Crippen LogP contribution in [0, 0.1) is 0 Å². The van der Waals surface area contributed by atoms with Crippen molar-refractivity contribution in [3.63, 3.8) is 0 Å². The molecule has 0 amide bonds. The fourth-order valence-electron chi connectivity index (χ4n) is 2.52. The summed E-state index contributed by atoms with van der Waals surface area (Å²) in [5.41, 5.74) is 1.26. The van der Waals surface area contributed by atoms with Crippen molar-refractivity contribution in [3.8, 4) is 0 Å². The third kappa shape index (κ3) is 5.35. The summed E-state index contributed by atoms with van der Waals surface area (Å²) in [6.07, 6.45) is 0. The molecular formula is C19H28N4S. The average Bonchev–Trinajstić information content (AvgIpc) is 3.09. The van der Waals surface area contributed by atoms with Crippen LogP contribution >= 0.6 is 11.3 Å². The van der Waals surface area contributed by atoms with Gasteiger partial charge in [-0.1, -0.05) is 36.4 Å². The van der Waals surface area contributed by atoms with E-state index in [1.165, 1.54) is 10.4 Å². The van der Waals surface area contributed by atoms with Gasteiger partial charge in [-0.05, 0) is 45.0 Å². The van der Waals surface area contributed by atoms with Gasteiger partial charge in [0.1, 0.15) is 0 Å². The molecule has 2 unspecified atom stereocenters. The average molecular weight is 345 g/mol. The van der Waals surface area contributed by atoms with Crippen LogP contribution in [0.2, 0.25) is 0 Å². The van der Waals surface area contributed by atoms with Gasteiger partial charge in [-0.3, -0.25) is 4.99 Å². The fraction of sp³-hybridized carbons (Fsp3) is 0.421. The summed E-state index contributed by atoms with van der Waals surface area (Å²) in [6, 6.07) is 15.2. The number of hydrogen-bond donors (Lipinski definition) is 2. The van der Waals surface area contributed by atoms with Crippen molar-refractivity contribution in [1.29, 1.82) is 0 Å². The van der Waals surface area contributed by atoms with Crippen LogP contribution in [0.5, 0.6) is 0 Å². The highest BCUT2D eigenvalue weighted by Gasteiger charge is 2.15. The smallest absolute Gasteiger partial charge is 0.191 e. The largest absolute Gasteiger partial charge is 0.357 e. The standard InChI is InChI=1S/C19H28N4S/c1-5-20-19(22-15(2)16-10-7-6-8-11-16)21-14-17(23(3)4)18-12-9-13-24-18/h6-13,15,17H,5,14H2,1-4H3,(H2,20,21,22). The number of nitrogens with zero attached hydrogens (tertiary/aromatic N) is 2. The summed E-state index contributed by atoms with van der Waals surface area (Å²) < 4.78 is 0. The Kier molecular flexibility index (Phi) is 7.28. The monoisotopic (exact) mass is 344 g/mol. The molecule has 0 aliphatic carbocycles. The van der Waals surface area contributed by atoms with E-state index >= 15 is 0 Å². The highest BCUT2D eigenvalue weighted by molar-refractivity contribution is 7.10. The minimum atomic E-state index is 0.212. The Labute approximate surface area is 149 Å². The van der Waals surface area contributed by atoms with Crippen LogP contribution in [-0.2, 0) is 0 Å². The Morgan fingerprint density at radius 1 is 1.17 bits per heavy atom. The van der Waals surface area contributed by atoms with Gasteiger partial charge in [0.05, 0.1) is 18.6 Å². The van der Waals surface area contributed by atoms with Gasteiger partial charge in [-0.25, -0.2) is 0 Å². The molecule has 1 aromatic heterocycles. The van der Waals surface area contributed by atoms with Crippen molar-refractivity contribution < 1.29 is 0 Å². The van der Waals surface area contributed by atoms with E-state index in [1.807, 2.05) is 6.07 Å². The van der Waals surface area contributed by atoms with Crippen molar-refractivity contribution in [3.05, 3.63) is 58.3 Å². The predicted molar refractivity (Wildman–Crippen MR) is 105 cm³/mol. The molecule has 0 fully saturated rings. The molecule has 0 aliphatic rings. The van der Waals surface area contributed by atoms with Gasteiger partial charge in [0.2, 0.25) is 0 Å². The number of guanidine groups is 1. The van der Waals surface area contributed by atoms with E-state index in [2.05, 4.69) is 85.3 Å². The van der Waals surface area contributed by atoms with Crippen LogP contribution in [0.1, 0.15) is 36.4 Å². The number of benzene rings is 1. The molecule has 4 nitrogen and oxygen atoms in total. The lowest BCUT2D eigenvalue weighted by Crippen LogP contribution is -2.39. The van der Waals surface area contributed by atoms with E-state index in [1.54, 1.807) is 11.3 Å². The summed E-state index contributed by atoms with van der Waals surface area (Å²) in [5.74, 6) is 0.859. The minimum absolute atomic E-state index is 0.212. The van der Waals surface area contributed by atoms with E-state index in [-0.39, 0.29) is 6.04 Å². The normalized spacial score (nSPS) is 14.5. The first kappa shape index (κ1) is 18.5. The number of likely N-dealkylation sites (N-methyl/N-ethyl adjacent to an activating group) is 1. The van der Waals surface area contributed by atoms with Gasteiger partial charge in [-0.15, -0.1) is 11.3 Å². The van der Waals surface area contributed by atoms with Crippen molar-refractivity contribution >= 4 is 17.3 Å². The number of aliphatic imine (C=N–C) groups is 1. The maximum absolute atomic E-state index is 4.82. The molecule has 2 aromatic rings. The third-order valence-electron chi connectivity index (χ3n) is 3.91. The summed E-state index contributed by atoms with van der Waals surface area (Å²) in [6.45, 7) is 5.82. The van der Waals surface area contributed by atoms with Crippen LogP contribution in [0.3, 0.4) is 0 Å². The number of hydrogen-bond acceptors (Lipinski definition) is 3. The molecule has 2 atom stereocenters. The topological polar surface area (TPSA) is 39.7 Å². The lowest BCUT2D eigenvalue weighted by atomic mass is 10.1. The minimum Gasteiger partial charge on any atom is -0.357 e. The van der Waals surface area contributed by atoms with Crippen LogP contribution in [-0.4, -0.2) is 38.0 Å². The Morgan fingerprint density at radius 3 is 2.50 bits per heavy atom. The Morgan fingerprint density at radius 2 is 1.92 bits per heavy atom. The maximum atomic E-state index is 4.82. The molecule has 1 heterocycles. The van der Waals surface area contributed by atoms with Crippen LogP contribution in [0.15, 0.2) is 52.8 Å². The molecule has 0 saturated heterocycles. The quantitative estimate of drug-likeness (QED) is 0.595. The molecule has 24 heavy (non-hydrogen) atoms. The van der Waals surface area contributed by atoms with Gasteiger partial charge < -0.3 is 15.5 Å². The summed E-state index contributed by atoms with van der Waals surface area (Å²) in [5, 5.41) is 8.97. The lowest BCUT2D eigenvalue weighted by Gasteiger charge is -2.23. The first-order valence-electron chi connectivity index (χ1n) is 8.41. The second kappa shape index (κ2) is 9.45. The zero-order valence-corrected chi connectivity index (χ0v) is 15.8. The van der Waals surface area contributed by atoms with E-state index in [0.29, 0.717) is 6.04 Å². The molecule has 2 rings (SSSR count). The van der Waals surface area contributed by atoms with Gasteiger partial charge in [0.25, 0.3) is 0 Å². The molecule has 5 heteroatoms. The first-order valence-corrected chi connectivity index (χ1v) is 9.29. The summed E-state index contributed by atoms with van der Waals surface area (Å²) >= 11 is 1.78.